The maximum atomic E-state index is 12.4. The lowest BCUT2D eigenvalue weighted by Gasteiger charge is -2.16. The van der Waals surface area contributed by atoms with Crippen LogP contribution in [0.25, 0.3) is 0 Å². The first-order valence-electron chi connectivity index (χ1n) is 8.86. The van der Waals surface area contributed by atoms with Gasteiger partial charge in [-0.05, 0) is 71.3 Å². The second-order valence-electron chi connectivity index (χ2n) is 6.20. The van der Waals surface area contributed by atoms with E-state index in [1.165, 1.54) is 0 Å². The highest BCUT2D eigenvalue weighted by molar-refractivity contribution is 9.10. The van der Waals surface area contributed by atoms with Gasteiger partial charge in [0.05, 0.1) is 23.4 Å². The molecule has 0 radical (unpaired) electrons. The van der Waals surface area contributed by atoms with Crippen molar-refractivity contribution in [1.82, 2.24) is 5.32 Å². The minimum atomic E-state index is -0.321. The van der Waals surface area contributed by atoms with Crippen LogP contribution in [0, 0.1) is 0 Å². The van der Waals surface area contributed by atoms with Gasteiger partial charge in [0, 0.05) is 12.2 Å². The molecule has 1 saturated heterocycles. The number of methoxy groups -OCH3 is 1. The molecular formula is C20H21BrN2O4S. The molecule has 3 rings (SSSR count). The molecule has 1 aliphatic rings. The van der Waals surface area contributed by atoms with Gasteiger partial charge in [-0.1, -0.05) is 12.1 Å². The average molecular weight is 465 g/mol. The number of anilines is 1. The topological polar surface area (TPSA) is 68.8 Å². The Hall–Kier alpha value is -2.16. The fourth-order valence-corrected chi connectivity index (χ4v) is 3.53. The van der Waals surface area contributed by atoms with Crippen molar-refractivity contribution in [3.63, 3.8) is 0 Å². The first-order chi connectivity index (χ1) is 13.6. The highest BCUT2D eigenvalue weighted by atomic mass is 79.9. The molecule has 2 aromatic carbocycles. The highest BCUT2D eigenvalue weighted by Crippen LogP contribution is 2.26. The zero-order valence-electron chi connectivity index (χ0n) is 15.4. The van der Waals surface area contributed by atoms with Crippen molar-refractivity contribution in [2.75, 3.05) is 25.6 Å². The number of hydrogen-bond donors (Lipinski definition) is 2. The summed E-state index contributed by atoms with van der Waals surface area (Å²) in [4.78, 5) is 12.4. The van der Waals surface area contributed by atoms with E-state index < -0.39 is 0 Å². The van der Waals surface area contributed by atoms with Crippen LogP contribution >= 0.6 is 28.1 Å². The van der Waals surface area contributed by atoms with E-state index in [9.17, 15) is 4.79 Å². The van der Waals surface area contributed by atoms with E-state index in [-0.39, 0.29) is 17.1 Å². The van der Waals surface area contributed by atoms with Crippen molar-refractivity contribution in [3.8, 4) is 11.5 Å². The van der Waals surface area contributed by atoms with Crippen LogP contribution in [0.4, 0.5) is 5.69 Å². The number of hydrogen-bond acceptors (Lipinski definition) is 5. The zero-order chi connectivity index (χ0) is 19.9. The summed E-state index contributed by atoms with van der Waals surface area (Å²) in [6.45, 7) is 1.27. The van der Waals surface area contributed by atoms with Gasteiger partial charge in [-0.15, -0.1) is 0 Å². The van der Waals surface area contributed by atoms with Crippen LogP contribution in [0.1, 0.15) is 23.2 Å². The third-order valence-corrected chi connectivity index (χ3v) is 5.05. The van der Waals surface area contributed by atoms with Crippen LogP contribution in [-0.4, -0.2) is 37.4 Å². The minimum absolute atomic E-state index is 0.119. The highest BCUT2D eigenvalue weighted by Gasteiger charge is 2.17. The van der Waals surface area contributed by atoms with Crippen molar-refractivity contribution in [1.29, 1.82) is 0 Å². The van der Waals surface area contributed by atoms with E-state index in [1.54, 1.807) is 25.3 Å². The number of halogens is 1. The molecule has 1 amide bonds. The summed E-state index contributed by atoms with van der Waals surface area (Å²) >= 11 is 8.66. The molecule has 1 aliphatic heterocycles. The lowest BCUT2D eigenvalue weighted by molar-refractivity contribution is 0.0682. The SMILES string of the molecule is COc1ccc(C(=O)NC(=S)Nc2ccccc2OCC2CCCO2)cc1Br. The summed E-state index contributed by atoms with van der Waals surface area (Å²) < 4.78 is 17.3. The largest absolute Gasteiger partial charge is 0.496 e. The van der Waals surface area contributed by atoms with Crippen LogP contribution in [0.3, 0.4) is 0 Å². The Balaban J connectivity index is 1.59. The van der Waals surface area contributed by atoms with Crippen molar-refractivity contribution >= 4 is 44.9 Å². The minimum Gasteiger partial charge on any atom is -0.496 e. The number of para-hydroxylation sites is 2. The standard InChI is InChI=1S/C20H21BrN2O4S/c1-25-17-9-8-13(11-15(17)21)19(24)23-20(28)22-16-6-2-3-7-18(16)27-12-14-5-4-10-26-14/h2-3,6-9,11,14H,4-5,10,12H2,1H3,(H2,22,23,24,28). The van der Waals surface area contributed by atoms with Crippen molar-refractivity contribution in [3.05, 3.63) is 52.5 Å². The molecule has 148 valence electrons. The number of ether oxygens (including phenoxy) is 3. The van der Waals surface area contributed by atoms with Crippen LogP contribution in [0.2, 0.25) is 0 Å². The smallest absolute Gasteiger partial charge is 0.257 e. The van der Waals surface area contributed by atoms with E-state index in [4.69, 9.17) is 26.4 Å². The van der Waals surface area contributed by atoms with Gasteiger partial charge in [-0.25, -0.2) is 0 Å². The van der Waals surface area contributed by atoms with Crippen LogP contribution in [0.5, 0.6) is 11.5 Å². The Morgan fingerprint density at radius 2 is 2.11 bits per heavy atom. The fourth-order valence-electron chi connectivity index (χ4n) is 2.79. The van der Waals surface area contributed by atoms with E-state index >= 15 is 0 Å². The van der Waals surface area contributed by atoms with E-state index in [0.717, 1.165) is 19.4 Å². The molecule has 28 heavy (non-hydrogen) atoms. The second-order valence-corrected chi connectivity index (χ2v) is 7.46. The second kappa shape index (κ2) is 9.86. The Kier molecular flexibility index (Phi) is 7.24. The molecule has 0 spiro atoms. The molecular weight excluding hydrogens is 444 g/mol. The summed E-state index contributed by atoms with van der Waals surface area (Å²) in [5.41, 5.74) is 1.14. The molecule has 1 unspecified atom stereocenters. The number of benzene rings is 2. The molecule has 0 aliphatic carbocycles. The molecule has 0 aromatic heterocycles. The van der Waals surface area contributed by atoms with Gasteiger partial charge < -0.3 is 19.5 Å². The molecule has 2 aromatic rings. The number of nitrogens with one attached hydrogen (secondary N) is 2. The summed E-state index contributed by atoms with van der Waals surface area (Å²) in [5.74, 6) is 0.981. The molecule has 1 heterocycles. The molecule has 8 heteroatoms. The molecule has 0 saturated carbocycles. The van der Waals surface area contributed by atoms with Gasteiger partial charge in [0.15, 0.2) is 5.11 Å². The first-order valence-corrected chi connectivity index (χ1v) is 10.1. The van der Waals surface area contributed by atoms with E-state index in [2.05, 4.69) is 26.6 Å². The maximum Gasteiger partial charge on any atom is 0.257 e. The quantitative estimate of drug-likeness (QED) is 0.626. The summed E-state index contributed by atoms with van der Waals surface area (Å²) in [6, 6.07) is 12.5. The summed E-state index contributed by atoms with van der Waals surface area (Å²) in [7, 11) is 1.57. The Morgan fingerprint density at radius 1 is 1.29 bits per heavy atom. The third-order valence-electron chi connectivity index (χ3n) is 4.23. The van der Waals surface area contributed by atoms with E-state index in [1.807, 2.05) is 24.3 Å². The molecule has 1 fully saturated rings. The van der Waals surface area contributed by atoms with Crippen molar-refractivity contribution < 1.29 is 19.0 Å². The van der Waals surface area contributed by atoms with Gasteiger partial charge in [0.1, 0.15) is 18.1 Å². The van der Waals surface area contributed by atoms with Crippen molar-refractivity contribution in [2.24, 2.45) is 0 Å². The molecule has 1 atom stereocenters. The third kappa shape index (κ3) is 5.43. The van der Waals surface area contributed by atoms with Gasteiger partial charge in [0.2, 0.25) is 0 Å². The Labute approximate surface area is 177 Å². The lowest BCUT2D eigenvalue weighted by Crippen LogP contribution is -2.34. The lowest BCUT2D eigenvalue weighted by atomic mass is 10.2. The molecule has 0 bridgehead atoms. The number of rotatable bonds is 6. The maximum absolute atomic E-state index is 12.4. The summed E-state index contributed by atoms with van der Waals surface area (Å²) in [5, 5.41) is 5.88. The van der Waals surface area contributed by atoms with Crippen LogP contribution in [-0.2, 0) is 4.74 Å². The Bertz CT molecular complexity index is 856. The fraction of sp³-hybridized carbons (Fsp3) is 0.300. The normalized spacial score (nSPS) is 15.7. The molecule has 6 nitrogen and oxygen atoms in total. The van der Waals surface area contributed by atoms with Gasteiger partial charge in [-0.2, -0.15) is 0 Å². The predicted molar refractivity (Wildman–Crippen MR) is 115 cm³/mol. The van der Waals surface area contributed by atoms with Gasteiger partial charge in [0.25, 0.3) is 5.91 Å². The zero-order valence-corrected chi connectivity index (χ0v) is 17.8. The van der Waals surface area contributed by atoms with Gasteiger partial charge in [-0.3, -0.25) is 10.1 Å². The predicted octanol–water partition coefficient (Wildman–Crippen LogP) is 4.14. The van der Waals surface area contributed by atoms with E-state index in [0.29, 0.717) is 33.8 Å². The number of carbonyl (C=O) groups excluding carboxylic acids is 1. The first kappa shape index (κ1) is 20.6. The van der Waals surface area contributed by atoms with Gasteiger partial charge >= 0.3 is 0 Å². The number of amides is 1. The average Bonchev–Trinajstić information content (AvgIpc) is 3.20. The number of thiocarbonyl (C=S) groups is 1. The van der Waals surface area contributed by atoms with Crippen LogP contribution < -0.4 is 20.1 Å². The molecule has 2 N–H and O–H groups in total. The Morgan fingerprint density at radius 3 is 2.82 bits per heavy atom. The van der Waals surface area contributed by atoms with Crippen LogP contribution in [0.15, 0.2) is 46.9 Å². The monoisotopic (exact) mass is 464 g/mol. The summed E-state index contributed by atoms with van der Waals surface area (Å²) in [6.07, 6.45) is 2.18. The number of carbonyl (C=O) groups is 1. The van der Waals surface area contributed by atoms with Crippen molar-refractivity contribution in [2.45, 2.75) is 18.9 Å².